The lowest BCUT2D eigenvalue weighted by Crippen LogP contribution is -2.14. The van der Waals surface area contributed by atoms with Gasteiger partial charge < -0.3 is 9.47 Å². The summed E-state index contributed by atoms with van der Waals surface area (Å²) in [6.45, 7) is 4.56. The van der Waals surface area contributed by atoms with E-state index in [0.29, 0.717) is 22.6 Å². The minimum atomic E-state index is -1.51. The van der Waals surface area contributed by atoms with Crippen molar-refractivity contribution in [2.24, 2.45) is 0 Å². The van der Waals surface area contributed by atoms with Crippen molar-refractivity contribution >= 4 is 5.78 Å². The van der Waals surface area contributed by atoms with Gasteiger partial charge in [0.15, 0.2) is 11.5 Å². The van der Waals surface area contributed by atoms with Gasteiger partial charge in [0.25, 0.3) is 0 Å². The molecule has 1 aromatic carbocycles. The standard InChI is InChI=1S/C13H15FO3/c1-8(15)4-9-5-11-12(17-7-16-11)6-10(9)13(2,3)14/h5-6H,4,7H2,1-3H3. The van der Waals surface area contributed by atoms with Crippen LogP contribution in [0.25, 0.3) is 0 Å². The first-order valence-electron chi connectivity index (χ1n) is 5.49. The van der Waals surface area contributed by atoms with Crippen LogP contribution < -0.4 is 9.47 Å². The molecule has 0 atom stereocenters. The minimum absolute atomic E-state index is 0.00522. The number of fused-ring (bicyclic) bond motifs is 1. The van der Waals surface area contributed by atoms with Gasteiger partial charge in [-0.3, -0.25) is 4.79 Å². The lowest BCUT2D eigenvalue weighted by molar-refractivity contribution is -0.116. The second-order valence-electron chi connectivity index (χ2n) is 4.71. The maximum absolute atomic E-state index is 14.1. The van der Waals surface area contributed by atoms with Crippen LogP contribution in [0.3, 0.4) is 0 Å². The summed E-state index contributed by atoms with van der Waals surface area (Å²) >= 11 is 0. The van der Waals surface area contributed by atoms with Crippen LogP contribution in [0.1, 0.15) is 31.9 Å². The molecule has 4 heteroatoms. The zero-order chi connectivity index (χ0) is 12.6. The topological polar surface area (TPSA) is 35.5 Å². The molecule has 0 unspecified atom stereocenters. The van der Waals surface area contributed by atoms with Gasteiger partial charge >= 0.3 is 0 Å². The first-order valence-corrected chi connectivity index (χ1v) is 5.49. The maximum Gasteiger partial charge on any atom is 0.231 e. The van der Waals surface area contributed by atoms with E-state index < -0.39 is 5.67 Å². The first kappa shape index (κ1) is 11.9. The summed E-state index contributed by atoms with van der Waals surface area (Å²) in [7, 11) is 0. The fraction of sp³-hybridized carbons (Fsp3) is 0.462. The Balaban J connectivity index is 2.51. The fourth-order valence-electron chi connectivity index (χ4n) is 1.95. The Hall–Kier alpha value is -1.58. The Morgan fingerprint density at radius 1 is 1.35 bits per heavy atom. The molecule has 1 heterocycles. The number of alkyl halides is 1. The molecule has 0 aromatic heterocycles. The predicted molar refractivity (Wildman–Crippen MR) is 61.1 cm³/mol. The Morgan fingerprint density at radius 3 is 2.47 bits per heavy atom. The molecule has 2 rings (SSSR count). The molecule has 0 amide bonds. The highest BCUT2D eigenvalue weighted by atomic mass is 19.1. The fourth-order valence-corrected chi connectivity index (χ4v) is 1.95. The number of rotatable bonds is 3. The summed E-state index contributed by atoms with van der Waals surface area (Å²) in [4.78, 5) is 11.2. The molecule has 0 bridgehead atoms. The molecule has 17 heavy (non-hydrogen) atoms. The van der Waals surface area contributed by atoms with E-state index in [-0.39, 0.29) is 19.0 Å². The molecule has 0 saturated heterocycles. The second-order valence-corrected chi connectivity index (χ2v) is 4.71. The van der Waals surface area contributed by atoms with Crippen LogP contribution in [0.15, 0.2) is 12.1 Å². The zero-order valence-electron chi connectivity index (χ0n) is 10.2. The molecule has 0 spiro atoms. The monoisotopic (exact) mass is 238 g/mol. The number of ether oxygens (including phenoxy) is 2. The van der Waals surface area contributed by atoms with E-state index in [0.717, 1.165) is 0 Å². The second kappa shape index (κ2) is 4.02. The van der Waals surface area contributed by atoms with Gasteiger partial charge in [0.05, 0.1) is 0 Å². The lowest BCUT2D eigenvalue weighted by atomic mass is 9.91. The molecule has 0 aliphatic carbocycles. The number of hydrogen-bond donors (Lipinski definition) is 0. The van der Waals surface area contributed by atoms with Gasteiger partial charge in [-0.05, 0) is 44.0 Å². The number of carbonyl (C=O) groups is 1. The van der Waals surface area contributed by atoms with E-state index in [4.69, 9.17) is 9.47 Å². The van der Waals surface area contributed by atoms with E-state index in [1.54, 1.807) is 12.1 Å². The molecule has 92 valence electrons. The number of halogens is 1. The molecule has 1 aromatic rings. The number of ketones is 1. The highest BCUT2D eigenvalue weighted by Gasteiger charge is 2.27. The Bertz CT molecular complexity index is 460. The third-order valence-electron chi connectivity index (χ3n) is 2.68. The number of carbonyl (C=O) groups excluding carboxylic acids is 1. The zero-order valence-corrected chi connectivity index (χ0v) is 10.2. The van der Waals surface area contributed by atoms with Crippen molar-refractivity contribution in [3.8, 4) is 11.5 Å². The molecule has 0 radical (unpaired) electrons. The summed E-state index contributed by atoms with van der Waals surface area (Å²) in [5.41, 5.74) is -0.364. The van der Waals surface area contributed by atoms with Crippen molar-refractivity contribution in [3.05, 3.63) is 23.3 Å². The van der Waals surface area contributed by atoms with Crippen LogP contribution in [0, 0.1) is 0 Å². The molecule has 1 aliphatic heterocycles. The average molecular weight is 238 g/mol. The van der Waals surface area contributed by atoms with Crippen LogP contribution in [0.4, 0.5) is 4.39 Å². The van der Waals surface area contributed by atoms with Crippen molar-refractivity contribution < 1.29 is 18.7 Å². The molecule has 0 N–H and O–H groups in total. The summed E-state index contributed by atoms with van der Waals surface area (Å²) in [5, 5.41) is 0. The van der Waals surface area contributed by atoms with E-state index in [9.17, 15) is 9.18 Å². The highest BCUT2D eigenvalue weighted by molar-refractivity contribution is 5.79. The van der Waals surface area contributed by atoms with Crippen molar-refractivity contribution in [2.75, 3.05) is 6.79 Å². The van der Waals surface area contributed by atoms with E-state index >= 15 is 0 Å². The van der Waals surface area contributed by atoms with Crippen LogP contribution in [-0.2, 0) is 16.9 Å². The summed E-state index contributed by atoms with van der Waals surface area (Å²) in [5.74, 6) is 1.11. The number of benzene rings is 1. The third kappa shape index (κ3) is 2.40. The van der Waals surface area contributed by atoms with Gasteiger partial charge in [0.2, 0.25) is 6.79 Å². The van der Waals surface area contributed by atoms with Crippen molar-refractivity contribution in [1.82, 2.24) is 0 Å². The van der Waals surface area contributed by atoms with Crippen molar-refractivity contribution in [2.45, 2.75) is 32.9 Å². The van der Waals surface area contributed by atoms with Gasteiger partial charge in [-0.1, -0.05) is 0 Å². The summed E-state index contributed by atoms with van der Waals surface area (Å²) in [6, 6.07) is 3.32. The molecule has 3 nitrogen and oxygen atoms in total. The number of Topliss-reactive ketones (excluding diaryl/α,β-unsaturated/α-hetero) is 1. The van der Waals surface area contributed by atoms with Gasteiger partial charge in [-0.2, -0.15) is 0 Å². The van der Waals surface area contributed by atoms with Crippen molar-refractivity contribution in [1.29, 1.82) is 0 Å². The van der Waals surface area contributed by atoms with Crippen LogP contribution in [-0.4, -0.2) is 12.6 Å². The van der Waals surface area contributed by atoms with E-state index in [2.05, 4.69) is 0 Å². The highest BCUT2D eigenvalue weighted by Crippen LogP contribution is 2.39. The van der Waals surface area contributed by atoms with Gasteiger partial charge in [-0.15, -0.1) is 0 Å². The Labute approximate surface area is 99.5 Å². The smallest absolute Gasteiger partial charge is 0.231 e. The Morgan fingerprint density at radius 2 is 1.94 bits per heavy atom. The number of hydrogen-bond acceptors (Lipinski definition) is 3. The summed E-state index contributed by atoms with van der Waals surface area (Å²) in [6.07, 6.45) is 0.208. The third-order valence-corrected chi connectivity index (χ3v) is 2.68. The van der Waals surface area contributed by atoms with E-state index in [1.807, 2.05) is 0 Å². The van der Waals surface area contributed by atoms with Crippen LogP contribution in [0.5, 0.6) is 11.5 Å². The SMILES string of the molecule is CC(=O)Cc1cc2c(cc1C(C)(C)F)OCO2. The maximum atomic E-state index is 14.1. The Kier molecular flexibility index (Phi) is 2.81. The minimum Gasteiger partial charge on any atom is -0.454 e. The molecular formula is C13H15FO3. The normalized spacial score (nSPS) is 13.9. The average Bonchev–Trinajstić information content (AvgIpc) is 2.60. The first-order chi connectivity index (χ1) is 7.88. The van der Waals surface area contributed by atoms with Gasteiger partial charge in [-0.25, -0.2) is 4.39 Å². The van der Waals surface area contributed by atoms with Crippen molar-refractivity contribution in [3.63, 3.8) is 0 Å². The van der Waals surface area contributed by atoms with Gasteiger partial charge in [0, 0.05) is 6.42 Å². The van der Waals surface area contributed by atoms with Crippen LogP contribution in [0.2, 0.25) is 0 Å². The molecule has 1 aliphatic rings. The van der Waals surface area contributed by atoms with Crippen LogP contribution >= 0.6 is 0 Å². The lowest BCUT2D eigenvalue weighted by Gasteiger charge is -2.19. The molecule has 0 saturated carbocycles. The van der Waals surface area contributed by atoms with E-state index in [1.165, 1.54) is 20.8 Å². The summed E-state index contributed by atoms with van der Waals surface area (Å²) < 4.78 is 24.5. The molecular weight excluding hydrogens is 223 g/mol. The largest absolute Gasteiger partial charge is 0.454 e. The predicted octanol–water partition coefficient (Wildman–Crippen LogP) is 2.75. The van der Waals surface area contributed by atoms with Gasteiger partial charge in [0.1, 0.15) is 11.5 Å². The molecule has 0 fully saturated rings. The quantitative estimate of drug-likeness (QED) is 0.812.